The molecule has 1 aliphatic rings. The van der Waals surface area contributed by atoms with Crippen LogP contribution in [0.1, 0.15) is 36.5 Å². The van der Waals surface area contributed by atoms with Crippen LogP contribution >= 0.6 is 11.6 Å². The van der Waals surface area contributed by atoms with Crippen molar-refractivity contribution in [3.05, 3.63) is 46.3 Å². The first-order valence-corrected chi connectivity index (χ1v) is 7.53. The first-order chi connectivity index (χ1) is 10.6. The molecule has 5 nitrogen and oxygen atoms in total. The fraction of sp³-hybridized carbons (Fsp3) is 0.400. The van der Waals surface area contributed by atoms with Crippen LogP contribution in [0.15, 0.2) is 22.7 Å². The summed E-state index contributed by atoms with van der Waals surface area (Å²) in [6.45, 7) is 0. The minimum atomic E-state index is -0.465. The van der Waals surface area contributed by atoms with E-state index in [1.807, 2.05) is 0 Å². The van der Waals surface area contributed by atoms with Gasteiger partial charge in [-0.1, -0.05) is 28.9 Å². The third-order valence-electron chi connectivity index (χ3n) is 3.63. The molecular weight excluding hydrogens is 309 g/mol. The van der Waals surface area contributed by atoms with Crippen LogP contribution < -0.4 is 5.32 Å². The standard InChI is InChI=1S/C15H15ClFN3O2/c16-15-9(3-1-5-11(15)17)7-12-19-14(22-20-12)8-10-4-2-6-13(21)18-10/h1,3,5,10H,2,4,6-8H2,(H,18,21). The Labute approximate surface area is 131 Å². The van der Waals surface area contributed by atoms with Gasteiger partial charge >= 0.3 is 0 Å². The van der Waals surface area contributed by atoms with Crippen molar-refractivity contribution in [1.82, 2.24) is 15.5 Å². The van der Waals surface area contributed by atoms with Crippen LogP contribution in [0, 0.1) is 5.82 Å². The van der Waals surface area contributed by atoms with Gasteiger partial charge in [0.15, 0.2) is 5.82 Å². The molecule has 22 heavy (non-hydrogen) atoms. The van der Waals surface area contributed by atoms with Crippen molar-refractivity contribution in [1.29, 1.82) is 0 Å². The Morgan fingerprint density at radius 1 is 1.45 bits per heavy atom. The number of hydrogen-bond donors (Lipinski definition) is 1. The molecule has 0 saturated carbocycles. The Morgan fingerprint density at radius 3 is 3.14 bits per heavy atom. The number of carbonyl (C=O) groups excluding carboxylic acids is 1. The number of nitrogens with zero attached hydrogens (tertiary/aromatic N) is 2. The third-order valence-corrected chi connectivity index (χ3v) is 4.06. The molecule has 0 bridgehead atoms. The highest BCUT2D eigenvalue weighted by Crippen LogP contribution is 2.22. The Hall–Kier alpha value is -1.95. The molecule has 2 aromatic rings. The van der Waals surface area contributed by atoms with Crippen molar-refractivity contribution in [3.63, 3.8) is 0 Å². The van der Waals surface area contributed by atoms with E-state index < -0.39 is 5.82 Å². The van der Waals surface area contributed by atoms with Gasteiger partial charge in [-0.05, 0) is 24.5 Å². The van der Waals surface area contributed by atoms with Gasteiger partial charge in [0.1, 0.15) is 5.82 Å². The summed E-state index contributed by atoms with van der Waals surface area (Å²) in [5, 5.41) is 6.87. The number of carbonyl (C=O) groups is 1. The number of piperidine rings is 1. The summed E-state index contributed by atoms with van der Waals surface area (Å²) in [5.41, 5.74) is 0.611. The van der Waals surface area contributed by atoms with E-state index in [1.54, 1.807) is 12.1 Å². The van der Waals surface area contributed by atoms with Crippen LogP contribution in [-0.4, -0.2) is 22.1 Å². The lowest BCUT2D eigenvalue weighted by Crippen LogP contribution is -2.40. The van der Waals surface area contributed by atoms with E-state index in [0.717, 1.165) is 12.8 Å². The molecule has 0 aliphatic carbocycles. The van der Waals surface area contributed by atoms with Crippen molar-refractivity contribution in [2.45, 2.75) is 38.1 Å². The topological polar surface area (TPSA) is 68.0 Å². The Bertz CT molecular complexity index is 689. The monoisotopic (exact) mass is 323 g/mol. The van der Waals surface area contributed by atoms with Gasteiger partial charge in [-0.15, -0.1) is 0 Å². The van der Waals surface area contributed by atoms with Crippen LogP contribution in [0.2, 0.25) is 5.02 Å². The number of hydrogen-bond acceptors (Lipinski definition) is 4. The number of amides is 1. The fourth-order valence-electron chi connectivity index (χ4n) is 2.55. The van der Waals surface area contributed by atoms with E-state index >= 15 is 0 Å². The first-order valence-electron chi connectivity index (χ1n) is 7.15. The molecule has 1 amide bonds. The number of halogens is 2. The van der Waals surface area contributed by atoms with Crippen LogP contribution in [0.5, 0.6) is 0 Å². The highest BCUT2D eigenvalue weighted by atomic mass is 35.5. The van der Waals surface area contributed by atoms with Gasteiger partial charge in [-0.25, -0.2) is 4.39 Å². The van der Waals surface area contributed by atoms with Crippen LogP contribution in [-0.2, 0) is 17.6 Å². The van der Waals surface area contributed by atoms with Gasteiger partial charge < -0.3 is 9.84 Å². The van der Waals surface area contributed by atoms with Crippen molar-refractivity contribution < 1.29 is 13.7 Å². The number of nitrogens with one attached hydrogen (secondary N) is 1. The average molecular weight is 324 g/mol. The van der Waals surface area contributed by atoms with Crippen LogP contribution in [0.25, 0.3) is 0 Å². The third kappa shape index (κ3) is 3.44. The maximum Gasteiger partial charge on any atom is 0.228 e. The van der Waals surface area contributed by atoms with Gasteiger partial charge in [0.2, 0.25) is 11.8 Å². The molecule has 1 aliphatic heterocycles. The lowest BCUT2D eigenvalue weighted by Gasteiger charge is -2.21. The second-order valence-electron chi connectivity index (χ2n) is 5.35. The number of aromatic nitrogens is 2. The van der Waals surface area contributed by atoms with Crippen LogP contribution in [0.3, 0.4) is 0 Å². The molecule has 1 atom stereocenters. The first kappa shape index (κ1) is 15.0. The minimum Gasteiger partial charge on any atom is -0.353 e. The summed E-state index contributed by atoms with van der Waals surface area (Å²) in [6.07, 6.45) is 3.16. The molecule has 3 rings (SSSR count). The Kier molecular flexibility index (Phi) is 4.38. The molecule has 2 heterocycles. The lowest BCUT2D eigenvalue weighted by atomic mass is 10.0. The van der Waals surface area contributed by atoms with E-state index in [9.17, 15) is 9.18 Å². The summed E-state index contributed by atoms with van der Waals surface area (Å²) < 4.78 is 18.6. The molecule has 1 fully saturated rings. The van der Waals surface area contributed by atoms with Gasteiger partial charge in [0, 0.05) is 25.3 Å². The SMILES string of the molecule is O=C1CCCC(Cc2nc(Cc3cccc(F)c3Cl)no2)N1. The highest BCUT2D eigenvalue weighted by molar-refractivity contribution is 6.31. The summed E-state index contributed by atoms with van der Waals surface area (Å²) in [7, 11) is 0. The molecule has 0 spiro atoms. The summed E-state index contributed by atoms with van der Waals surface area (Å²) in [5.74, 6) is 0.509. The second-order valence-corrected chi connectivity index (χ2v) is 5.73. The zero-order chi connectivity index (χ0) is 15.5. The van der Waals surface area contributed by atoms with Crippen molar-refractivity contribution in [2.24, 2.45) is 0 Å². The normalized spacial score (nSPS) is 18.3. The molecule has 1 N–H and O–H groups in total. The summed E-state index contributed by atoms with van der Waals surface area (Å²) >= 11 is 5.91. The Balaban J connectivity index is 1.66. The Morgan fingerprint density at radius 2 is 2.32 bits per heavy atom. The minimum absolute atomic E-state index is 0.0345. The zero-order valence-electron chi connectivity index (χ0n) is 11.8. The second kappa shape index (κ2) is 6.44. The molecule has 7 heteroatoms. The maximum atomic E-state index is 13.4. The van der Waals surface area contributed by atoms with Gasteiger partial charge in [0.05, 0.1) is 5.02 Å². The van der Waals surface area contributed by atoms with E-state index in [0.29, 0.717) is 36.5 Å². The van der Waals surface area contributed by atoms with Gasteiger partial charge in [-0.3, -0.25) is 4.79 Å². The molecule has 1 aromatic carbocycles. The van der Waals surface area contributed by atoms with Crippen molar-refractivity contribution in [3.8, 4) is 0 Å². The van der Waals surface area contributed by atoms with Crippen LogP contribution in [0.4, 0.5) is 4.39 Å². The molecule has 1 saturated heterocycles. The lowest BCUT2D eigenvalue weighted by molar-refractivity contribution is -0.123. The smallest absolute Gasteiger partial charge is 0.228 e. The van der Waals surface area contributed by atoms with Crippen molar-refractivity contribution >= 4 is 17.5 Å². The highest BCUT2D eigenvalue weighted by Gasteiger charge is 2.21. The predicted molar refractivity (Wildman–Crippen MR) is 78.0 cm³/mol. The van der Waals surface area contributed by atoms with E-state index in [4.69, 9.17) is 16.1 Å². The largest absolute Gasteiger partial charge is 0.353 e. The summed E-state index contributed by atoms with van der Waals surface area (Å²) in [4.78, 5) is 15.6. The number of benzene rings is 1. The summed E-state index contributed by atoms with van der Waals surface area (Å²) in [6, 6.07) is 4.66. The fourth-order valence-corrected chi connectivity index (χ4v) is 2.74. The maximum absolute atomic E-state index is 13.4. The quantitative estimate of drug-likeness (QED) is 0.939. The molecular formula is C15H15ClFN3O2. The zero-order valence-corrected chi connectivity index (χ0v) is 12.6. The molecule has 0 radical (unpaired) electrons. The molecule has 116 valence electrons. The van der Waals surface area contributed by atoms with E-state index in [2.05, 4.69) is 15.5 Å². The van der Waals surface area contributed by atoms with Gasteiger partial charge in [0.25, 0.3) is 0 Å². The average Bonchev–Trinajstić information content (AvgIpc) is 2.91. The van der Waals surface area contributed by atoms with E-state index in [1.165, 1.54) is 6.07 Å². The number of rotatable bonds is 4. The molecule has 1 aromatic heterocycles. The van der Waals surface area contributed by atoms with Crippen molar-refractivity contribution in [2.75, 3.05) is 0 Å². The molecule has 1 unspecified atom stereocenters. The predicted octanol–water partition coefficient (Wildman–Crippen LogP) is 2.66. The van der Waals surface area contributed by atoms with E-state index in [-0.39, 0.29) is 17.0 Å². The van der Waals surface area contributed by atoms with Gasteiger partial charge in [-0.2, -0.15) is 4.98 Å².